The highest BCUT2D eigenvalue weighted by atomic mass is 35.5. The molecule has 1 aromatic carbocycles. The van der Waals surface area contributed by atoms with Crippen molar-refractivity contribution in [3.05, 3.63) is 41.4 Å². The number of unbranched alkanes of at least 4 members (excludes halogenated alkanes) is 1. The Kier molecular flexibility index (Phi) is 6.45. The van der Waals surface area contributed by atoms with Crippen LogP contribution in [0.25, 0.3) is 0 Å². The van der Waals surface area contributed by atoms with Gasteiger partial charge in [0.1, 0.15) is 5.75 Å². The molecule has 0 aliphatic heterocycles. The van der Waals surface area contributed by atoms with Crippen LogP contribution in [0.3, 0.4) is 0 Å². The number of hydrogen-bond donors (Lipinski definition) is 0. The molecule has 0 saturated carbocycles. The van der Waals surface area contributed by atoms with Crippen LogP contribution in [0.15, 0.2) is 36.4 Å². The quantitative estimate of drug-likeness (QED) is 0.430. The van der Waals surface area contributed by atoms with Gasteiger partial charge in [0, 0.05) is 18.0 Å². The monoisotopic (exact) mass is 304 g/mol. The van der Waals surface area contributed by atoms with Crippen molar-refractivity contribution in [1.82, 2.24) is 0 Å². The number of ether oxygens (including phenoxy) is 2. The number of benzene rings is 1. The van der Waals surface area contributed by atoms with Gasteiger partial charge < -0.3 is 9.47 Å². The van der Waals surface area contributed by atoms with Gasteiger partial charge in [-0.25, -0.2) is 0 Å². The summed E-state index contributed by atoms with van der Waals surface area (Å²) in [4.78, 5) is 10.4. The molecule has 3 nitrogen and oxygen atoms in total. The van der Waals surface area contributed by atoms with E-state index in [0.717, 1.165) is 6.92 Å². The van der Waals surface area contributed by atoms with Gasteiger partial charge in [-0.05, 0) is 37.1 Å². The Labute approximate surface area is 121 Å². The maximum absolute atomic E-state index is 12.9. The normalized spacial score (nSPS) is 11.6. The molecule has 0 aliphatic carbocycles. The van der Waals surface area contributed by atoms with Gasteiger partial charge in [0.15, 0.2) is 0 Å². The molecule has 110 valence electrons. The van der Waals surface area contributed by atoms with Crippen molar-refractivity contribution < 1.29 is 23.0 Å². The second kappa shape index (κ2) is 7.85. The molecule has 1 rings (SSSR count). The highest BCUT2D eigenvalue weighted by molar-refractivity contribution is 6.30. The van der Waals surface area contributed by atoms with E-state index in [-0.39, 0.29) is 0 Å². The Morgan fingerprint density at radius 2 is 2.00 bits per heavy atom. The van der Waals surface area contributed by atoms with Gasteiger partial charge in [-0.2, -0.15) is 8.78 Å². The van der Waals surface area contributed by atoms with Gasteiger partial charge in [0.05, 0.1) is 6.61 Å². The lowest BCUT2D eigenvalue weighted by atomic mass is 10.3. The molecule has 0 fully saturated rings. The number of hydrogen-bond acceptors (Lipinski definition) is 3. The summed E-state index contributed by atoms with van der Waals surface area (Å²) in [5.74, 6) is -0.352. The van der Waals surface area contributed by atoms with Crippen LogP contribution in [-0.2, 0) is 9.53 Å². The standard InChI is InChI=1S/C14H15ClF2O3/c1-11(18)20-14(16,17)9-3-2-4-10-19-13-7-5-12(15)6-8-13/h3,5-9H,2,4,10H2,1H3/b9-3+. The number of carbonyl (C=O) groups is 1. The first kappa shape index (κ1) is 16.4. The molecule has 0 aliphatic rings. The molecular formula is C14H15ClF2O3. The third-order valence-corrected chi connectivity index (χ3v) is 2.44. The summed E-state index contributed by atoms with van der Waals surface area (Å²) < 4.78 is 35.0. The van der Waals surface area contributed by atoms with E-state index in [1.165, 1.54) is 6.08 Å². The van der Waals surface area contributed by atoms with Crippen molar-refractivity contribution >= 4 is 17.6 Å². The van der Waals surface area contributed by atoms with E-state index in [1.54, 1.807) is 24.3 Å². The Hall–Kier alpha value is -1.62. The van der Waals surface area contributed by atoms with Crippen molar-refractivity contribution in [3.8, 4) is 5.75 Å². The molecule has 0 atom stereocenters. The van der Waals surface area contributed by atoms with Crippen LogP contribution in [0.1, 0.15) is 19.8 Å². The largest absolute Gasteiger partial charge is 0.494 e. The maximum Gasteiger partial charge on any atom is 0.421 e. The molecule has 20 heavy (non-hydrogen) atoms. The van der Waals surface area contributed by atoms with Crippen molar-refractivity contribution in [2.24, 2.45) is 0 Å². The molecule has 0 amide bonds. The van der Waals surface area contributed by atoms with Crippen LogP contribution in [0.2, 0.25) is 5.02 Å². The summed E-state index contributed by atoms with van der Waals surface area (Å²) >= 11 is 5.72. The SMILES string of the molecule is CC(=O)OC(F)(F)/C=C/CCCOc1ccc(Cl)cc1. The third-order valence-electron chi connectivity index (χ3n) is 2.19. The summed E-state index contributed by atoms with van der Waals surface area (Å²) in [7, 11) is 0. The molecular weight excluding hydrogens is 290 g/mol. The second-order valence-electron chi connectivity index (χ2n) is 4.00. The Bertz CT molecular complexity index is 458. The molecule has 0 N–H and O–H groups in total. The molecule has 0 heterocycles. The molecule has 0 unspecified atom stereocenters. The average molecular weight is 305 g/mol. The van der Waals surface area contributed by atoms with Crippen molar-refractivity contribution in [3.63, 3.8) is 0 Å². The third kappa shape index (κ3) is 7.09. The Morgan fingerprint density at radius 1 is 1.35 bits per heavy atom. The molecule has 0 spiro atoms. The molecule has 0 saturated heterocycles. The van der Waals surface area contributed by atoms with Gasteiger partial charge in [-0.1, -0.05) is 17.7 Å². The Balaban J connectivity index is 2.21. The lowest BCUT2D eigenvalue weighted by Crippen LogP contribution is -2.20. The first-order valence-electron chi connectivity index (χ1n) is 6.02. The van der Waals surface area contributed by atoms with E-state index in [9.17, 15) is 13.6 Å². The lowest BCUT2D eigenvalue weighted by Gasteiger charge is -2.10. The molecule has 0 bridgehead atoms. The molecule has 0 aromatic heterocycles. The lowest BCUT2D eigenvalue weighted by molar-refractivity contribution is -0.205. The van der Waals surface area contributed by atoms with Crippen molar-refractivity contribution in [2.75, 3.05) is 6.61 Å². The number of rotatable bonds is 7. The maximum atomic E-state index is 12.9. The number of esters is 1. The van der Waals surface area contributed by atoms with Crippen LogP contribution in [-0.4, -0.2) is 18.7 Å². The predicted molar refractivity (Wildman–Crippen MR) is 72.0 cm³/mol. The number of alkyl halides is 2. The van der Waals surface area contributed by atoms with Gasteiger partial charge >= 0.3 is 12.1 Å². The molecule has 0 radical (unpaired) electrons. The fraction of sp³-hybridized carbons (Fsp3) is 0.357. The van der Waals surface area contributed by atoms with E-state index in [4.69, 9.17) is 16.3 Å². The zero-order chi connectivity index (χ0) is 15.0. The summed E-state index contributed by atoms with van der Waals surface area (Å²) in [6.07, 6.45) is -0.770. The van der Waals surface area contributed by atoms with E-state index in [1.807, 2.05) is 0 Å². The zero-order valence-corrected chi connectivity index (χ0v) is 11.7. The minimum Gasteiger partial charge on any atom is -0.494 e. The van der Waals surface area contributed by atoms with Crippen LogP contribution < -0.4 is 4.74 Å². The smallest absolute Gasteiger partial charge is 0.421 e. The summed E-state index contributed by atoms with van der Waals surface area (Å²) in [5, 5.41) is 0.619. The summed E-state index contributed by atoms with van der Waals surface area (Å²) in [5.41, 5.74) is 0. The van der Waals surface area contributed by atoms with Crippen LogP contribution in [0, 0.1) is 0 Å². The highest BCUT2D eigenvalue weighted by Gasteiger charge is 2.28. The first-order chi connectivity index (χ1) is 9.39. The van der Waals surface area contributed by atoms with Crippen molar-refractivity contribution in [1.29, 1.82) is 0 Å². The zero-order valence-electron chi connectivity index (χ0n) is 10.9. The number of halogens is 3. The van der Waals surface area contributed by atoms with E-state index >= 15 is 0 Å². The minimum absolute atomic E-state index is 0.393. The van der Waals surface area contributed by atoms with E-state index < -0.39 is 12.1 Å². The predicted octanol–water partition coefficient (Wildman–Crippen LogP) is 4.21. The van der Waals surface area contributed by atoms with Crippen molar-refractivity contribution in [2.45, 2.75) is 25.9 Å². The summed E-state index contributed by atoms with van der Waals surface area (Å²) in [6, 6.07) is 6.87. The number of carbonyl (C=O) groups excluding carboxylic acids is 1. The average Bonchev–Trinajstić information content (AvgIpc) is 2.34. The fourth-order valence-corrected chi connectivity index (χ4v) is 1.49. The van der Waals surface area contributed by atoms with Gasteiger partial charge in [-0.3, -0.25) is 4.79 Å². The minimum atomic E-state index is -3.55. The topological polar surface area (TPSA) is 35.5 Å². The number of allylic oxidation sites excluding steroid dienone is 1. The second-order valence-corrected chi connectivity index (χ2v) is 4.44. The summed E-state index contributed by atoms with van der Waals surface area (Å²) in [6.45, 7) is 1.33. The first-order valence-corrected chi connectivity index (χ1v) is 6.40. The molecule has 6 heteroatoms. The highest BCUT2D eigenvalue weighted by Crippen LogP contribution is 2.18. The van der Waals surface area contributed by atoms with E-state index in [0.29, 0.717) is 36.3 Å². The van der Waals surface area contributed by atoms with E-state index in [2.05, 4.69) is 4.74 Å². The van der Waals surface area contributed by atoms with Crippen LogP contribution in [0.5, 0.6) is 5.75 Å². The van der Waals surface area contributed by atoms with Crippen LogP contribution >= 0.6 is 11.6 Å². The van der Waals surface area contributed by atoms with Gasteiger partial charge in [0.2, 0.25) is 0 Å². The molecule has 1 aromatic rings. The Morgan fingerprint density at radius 3 is 2.60 bits per heavy atom. The van der Waals surface area contributed by atoms with Crippen LogP contribution in [0.4, 0.5) is 8.78 Å². The fourth-order valence-electron chi connectivity index (χ4n) is 1.37. The van der Waals surface area contributed by atoms with Gasteiger partial charge in [0.25, 0.3) is 0 Å². The van der Waals surface area contributed by atoms with Gasteiger partial charge in [-0.15, -0.1) is 0 Å².